The highest BCUT2D eigenvalue weighted by molar-refractivity contribution is 5.54. The molecule has 1 aromatic carbocycles. The number of ether oxygens (including phenoxy) is 1. The third-order valence-electron chi connectivity index (χ3n) is 4.01. The topological polar surface area (TPSA) is 24.5 Å². The van der Waals surface area contributed by atoms with Crippen LogP contribution in [0.15, 0.2) is 24.3 Å². The Balaban J connectivity index is 2.16. The Kier molecular flexibility index (Phi) is 5.44. The van der Waals surface area contributed by atoms with Crippen LogP contribution in [0.3, 0.4) is 0 Å². The fourth-order valence-electron chi connectivity index (χ4n) is 3.06. The van der Waals surface area contributed by atoms with E-state index in [2.05, 4.69) is 55.3 Å². The lowest BCUT2D eigenvalue weighted by atomic mass is 9.99. The smallest absolute Gasteiger partial charge is 0.0733 e. The monoisotopic (exact) mass is 276 g/mol. The van der Waals surface area contributed by atoms with Gasteiger partial charge in [0.2, 0.25) is 0 Å². The molecule has 3 heteroatoms. The molecule has 1 aromatic rings. The maximum absolute atomic E-state index is 5.34. The van der Waals surface area contributed by atoms with Crippen molar-refractivity contribution in [2.45, 2.75) is 45.9 Å². The third kappa shape index (κ3) is 3.74. The summed E-state index contributed by atoms with van der Waals surface area (Å²) in [6.45, 7) is 9.70. The molecule has 20 heavy (non-hydrogen) atoms. The fourth-order valence-corrected chi connectivity index (χ4v) is 3.06. The lowest BCUT2D eigenvalue weighted by Crippen LogP contribution is -2.56. The lowest BCUT2D eigenvalue weighted by Gasteiger charge is -2.41. The van der Waals surface area contributed by atoms with Crippen molar-refractivity contribution < 1.29 is 4.74 Å². The van der Waals surface area contributed by atoms with Crippen molar-refractivity contribution in [2.24, 2.45) is 5.92 Å². The molecule has 2 unspecified atom stereocenters. The van der Waals surface area contributed by atoms with E-state index in [-0.39, 0.29) is 0 Å². The first-order chi connectivity index (χ1) is 9.61. The van der Waals surface area contributed by atoms with E-state index in [9.17, 15) is 0 Å². The maximum Gasteiger partial charge on any atom is 0.0733 e. The van der Waals surface area contributed by atoms with Gasteiger partial charge >= 0.3 is 0 Å². The van der Waals surface area contributed by atoms with Gasteiger partial charge in [-0.15, -0.1) is 0 Å². The fraction of sp³-hybridized carbons (Fsp3) is 0.647. The summed E-state index contributed by atoms with van der Waals surface area (Å²) >= 11 is 0. The van der Waals surface area contributed by atoms with Crippen molar-refractivity contribution >= 4 is 5.69 Å². The zero-order valence-electron chi connectivity index (χ0n) is 13.2. The summed E-state index contributed by atoms with van der Waals surface area (Å²) in [5.41, 5.74) is 2.61. The molecule has 2 rings (SSSR count). The number of para-hydroxylation sites is 1. The number of hydrogen-bond donors (Lipinski definition) is 1. The van der Waals surface area contributed by atoms with Crippen LogP contribution < -0.4 is 10.2 Å². The summed E-state index contributed by atoms with van der Waals surface area (Å²) in [5.74, 6) is 0.733. The first-order valence-corrected chi connectivity index (χ1v) is 7.68. The molecule has 0 spiro atoms. The Morgan fingerprint density at radius 1 is 1.35 bits per heavy atom. The van der Waals surface area contributed by atoms with Gasteiger partial charge in [0, 0.05) is 43.5 Å². The third-order valence-corrected chi connectivity index (χ3v) is 4.01. The molecule has 0 saturated carbocycles. The van der Waals surface area contributed by atoms with Crippen molar-refractivity contribution in [1.82, 2.24) is 5.32 Å². The van der Waals surface area contributed by atoms with Crippen LogP contribution in [0.1, 0.15) is 32.8 Å². The van der Waals surface area contributed by atoms with Crippen LogP contribution in [0, 0.1) is 5.92 Å². The number of piperazine rings is 1. The standard InChI is InChI=1S/C17H28N2O/c1-13(2)9-16-11-19(14(3)10-18-16)17-8-6-5-7-15(17)12-20-4/h5-8,13-14,16,18H,9-12H2,1-4H3. The molecule has 0 amide bonds. The number of nitrogens with zero attached hydrogens (tertiary/aromatic N) is 1. The first-order valence-electron chi connectivity index (χ1n) is 7.68. The molecule has 1 aliphatic rings. The van der Waals surface area contributed by atoms with E-state index in [0.29, 0.717) is 18.7 Å². The highest BCUT2D eigenvalue weighted by Gasteiger charge is 2.26. The molecule has 1 N–H and O–H groups in total. The van der Waals surface area contributed by atoms with Crippen molar-refractivity contribution in [3.63, 3.8) is 0 Å². The highest BCUT2D eigenvalue weighted by atomic mass is 16.5. The molecule has 0 aromatic heterocycles. The quantitative estimate of drug-likeness (QED) is 0.894. The Morgan fingerprint density at radius 2 is 2.10 bits per heavy atom. The molecule has 2 atom stereocenters. The van der Waals surface area contributed by atoms with Gasteiger partial charge in [-0.25, -0.2) is 0 Å². The number of rotatable bonds is 5. The van der Waals surface area contributed by atoms with Gasteiger partial charge in [-0.1, -0.05) is 32.0 Å². The second kappa shape index (κ2) is 7.09. The summed E-state index contributed by atoms with van der Waals surface area (Å²) in [5, 5.41) is 3.68. The minimum absolute atomic E-state index is 0.524. The van der Waals surface area contributed by atoms with Crippen LogP contribution in [0.25, 0.3) is 0 Å². The van der Waals surface area contributed by atoms with Gasteiger partial charge in [0.25, 0.3) is 0 Å². The van der Waals surface area contributed by atoms with E-state index in [1.54, 1.807) is 7.11 Å². The largest absolute Gasteiger partial charge is 0.380 e. The average molecular weight is 276 g/mol. The predicted molar refractivity (Wildman–Crippen MR) is 85.2 cm³/mol. The van der Waals surface area contributed by atoms with Crippen LogP contribution in [0.5, 0.6) is 0 Å². The highest BCUT2D eigenvalue weighted by Crippen LogP contribution is 2.26. The van der Waals surface area contributed by atoms with E-state index in [1.165, 1.54) is 17.7 Å². The minimum Gasteiger partial charge on any atom is -0.380 e. The molecule has 3 nitrogen and oxygen atoms in total. The van der Waals surface area contributed by atoms with E-state index in [0.717, 1.165) is 19.0 Å². The van der Waals surface area contributed by atoms with Crippen molar-refractivity contribution in [3.8, 4) is 0 Å². The molecular formula is C17H28N2O. The molecule has 1 heterocycles. The number of benzene rings is 1. The molecule has 0 radical (unpaired) electrons. The van der Waals surface area contributed by atoms with E-state index in [1.807, 2.05) is 0 Å². The SMILES string of the molecule is COCc1ccccc1N1CC(CC(C)C)NCC1C. The summed E-state index contributed by atoms with van der Waals surface area (Å²) in [6, 6.07) is 9.73. The van der Waals surface area contributed by atoms with Gasteiger partial charge in [-0.3, -0.25) is 0 Å². The zero-order chi connectivity index (χ0) is 14.5. The number of anilines is 1. The Labute approximate surface area is 123 Å². The summed E-state index contributed by atoms with van der Waals surface area (Å²) in [7, 11) is 1.76. The van der Waals surface area contributed by atoms with Crippen molar-refractivity contribution in [1.29, 1.82) is 0 Å². The van der Waals surface area contributed by atoms with Crippen LogP contribution in [-0.2, 0) is 11.3 Å². The molecule has 1 aliphatic heterocycles. The first kappa shape index (κ1) is 15.3. The van der Waals surface area contributed by atoms with Crippen LogP contribution in [-0.4, -0.2) is 32.3 Å². The minimum atomic E-state index is 0.524. The molecular weight excluding hydrogens is 248 g/mol. The summed E-state index contributed by atoms with van der Waals surface area (Å²) in [6.07, 6.45) is 1.23. The predicted octanol–water partition coefficient (Wildman–Crippen LogP) is 3.05. The van der Waals surface area contributed by atoms with Crippen LogP contribution in [0.4, 0.5) is 5.69 Å². The second-order valence-electron chi connectivity index (χ2n) is 6.30. The number of methoxy groups -OCH3 is 1. The normalized spacial score (nSPS) is 23.4. The lowest BCUT2D eigenvalue weighted by molar-refractivity contribution is 0.185. The van der Waals surface area contributed by atoms with Crippen molar-refractivity contribution in [2.75, 3.05) is 25.1 Å². The molecule has 0 bridgehead atoms. The van der Waals surface area contributed by atoms with Crippen LogP contribution >= 0.6 is 0 Å². The Hall–Kier alpha value is -1.06. The van der Waals surface area contributed by atoms with Gasteiger partial charge in [0.15, 0.2) is 0 Å². The van der Waals surface area contributed by atoms with Gasteiger partial charge in [-0.05, 0) is 25.3 Å². The van der Waals surface area contributed by atoms with Gasteiger partial charge in [-0.2, -0.15) is 0 Å². The number of nitrogens with one attached hydrogen (secondary N) is 1. The van der Waals surface area contributed by atoms with E-state index < -0.39 is 0 Å². The molecule has 1 saturated heterocycles. The van der Waals surface area contributed by atoms with Gasteiger partial charge < -0.3 is 15.0 Å². The van der Waals surface area contributed by atoms with E-state index >= 15 is 0 Å². The van der Waals surface area contributed by atoms with Gasteiger partial charge in [0.1, 0.15) is 0 Å². The average Bonchev–Trinajstić information content (AvgIpc) is 2.42. The summed E-state index contributed by atoms with van der Waals surface area (Å²) < 4.78 is 5.34. The second-order valence-corrected chi connectivity index (χ2v) is 6.30. The zero-order valence-corrected chi connectivity index (χ0v) is 13.2. The van der Waals surface area contributed by atoms with Crippen molar-refractivity contribution in [3.05, 3.63) is 29.8 Å². The number of hydrogen-bond acceptors (Lipinski definition) is 3. The molecule has 0 aliphatic carbocycles. The van der Waals surface area contributed by atoms with Gasteiger partial charge in [0.05, 0.1) is 6.61 Å². The van der Waals surface area contributed by atoms with Crippen LogP contribution in [0.2, 0.25) is 0 Å². The summed E-state index contributed by atoms with van der Waals surface area (Å²) in [4.78, 5) is 2.54. The maximum atomic E-state index is 5.34. The van der Waals surface area contributed by atoms with E-state index in [4.69, 9.17) is 4.74 Å². The Morgan fingerprint density at radius 3 is 2.80 bits per heavy atom. The Bertz CT molecular complexity index is 419. The molecule has 112 valence electrons. The molecule has 1 fully saturated rings.